The van der Waals surface area contributed by atoms with Gasteiger partial charge in [-0.2, -0.15) is 9.97 Å². The van der Waals surface area contributed by atoms with E-state index in [1.165, 1.54) is 10.9 Å². The molecule has 0 aliphatic carbocycles. The van der Waals surface area contributed by atoms with Gasteiger partial charge in [-0.15, -0.1) is 12.4 Å². The fourth-order valence-electron chi connectivity index (χ4n) is 3.63. The van der Waals surface area contributed by atoms with E-state index in [2.05, 4.69) is 20.3 Å². The highest BCUT2D eigenvalue weighted by atomic mass is 35.5. The quantitative estimate of drug-likeness (QED) is 0.248. The number of aryl methyl sites for hydroxylation is 1. The van der Waals surface area contributed by atoms with Gasteiger partial charge in [-0.1, -0.05) is 13.0 Å². The summed E-state index contributed by atoms with van der Waals surface area (Å²) in [5.41, 5.74) is 8.08. The Labute approximate surface area is 199 Å². The van der Waals surface area contributed by atoms with Crippen LogP contribution in [0.15, 0.2) is 24.5 Å². The van der Waals surface area contributed by atoms with E-state index in [9.17, 15) is 20.1 Å². The molecule has 14 heteroatoms. The summed E-state index contributed by atoms with van der Waals surface area (Å²) in [6.07, 6.45) is -2.57. The van der Waals surface area contributed by atoms with Crippen molar-refractivity contribution in [3.8, 4) is 5.75 Å². The Morgan fingerprint density at radius 3 is 2.71 bits per heavy atom. The van der Waals surface area contributed by atoms with Crippen LogP contribution in [0, 0.1) is 0 Å². The van der Waals surface area contributed by atoms with Crippen molar-refractivity contribution in [2.45, 2.75) is 37.9 Å². The van der Waals surface area contributed by atoms with Gasteiger partial charge in [0, 0.05) is 11.8 Å². The van der Waals surface area contributed by atoms with Crippen LogP contribution in [0.25, 0.3) is 11.2 Å². The van der Waals surface area contributed by atoms with E-state index in [1.807, 2.05) is 6.92 Å². The third kappa shape index (κ3) is 4.83. The molecule has 2 aromatic heterocycles. The molecule has 0 amide bonds. The lowest BCUT2D eigenvalue weighted by Gasteiger charge is -2.17. The normalized spacial score (nSPS) is 21.9. The largest absolute Gasteiger partial charge is 0.482 e. The van der Waals surface area contributed by atoms with Gasteiger partial charge in [0.15, 0.2) is 24.3 Å². The molecule has 3 heterocycles. The van der Waals surface area contributed by atoms with Gasteiger partial charge in [0.1, 0.15) is 29.6 Å². The summed E-state index contributed by atoms with van der Waals surface area (Å²) in [6, 6.07) is 5.10. The minimum atomic E-state index is -1.32. The molecule has 4 rings (SSSR count). The van der Waals surface area contributed by atoms with Crippen LogP contribution >= 0.6 is 12.4 Å². The van der Waals surface area contributed by atoms with Crippen LogP contribution in [-0.2, 0) is 16.0 Å². The van der Waals surface area contributed by atoms with Gasteiger partial charge >= 0.3 is 5.97 Å². The van der Waals surface area contributed by atoms with Gasteiger partial charge in [-0.25, -0.2) is 9.78 Å². The van der Waals surface area contributed by atoms with E-state index in [0.717, 1.165) is 5.56 Å². The third-order valence-corrected chi connectivity index (χ3v) is 5.31. The lowest BCUT2D eigenvalue weighted by molar-refractivity contribution is -0.139. The lowest BCUT2D eigenvalue weighted by Crippen LogP contribution is -2.33. The minimum Gasteiger partial charge on any atom is -0.482 e. The Kier molecular flexibility index (Phi) is 7.74. The van der Waals surface area contributed by atoms with Gasteiger partial charge < -0.3 is 41.0 Å². The summed E-state index contributed by atoms with van der Waals surface area (Å²) in [6.45, 7) is 1.00. The lowest BCUT2D eigenvalue weighted by atomic mass is 10.1. The Morgan fingerprint density at radius 2 is 2.06 bits per heavy atom. The minimum absolute atomic E-state index is 0. The summed E-state index contributed by atoms with van der Waals surface area (Å²) in [5.74, 6) is -0.547. The standard InChI is InChI=1S/C20H24N6O7.ClH/c1-2-9-3-4-10(32-7-13(28)29)5-11(9)23-20-24-17(21)14-18(25-20)26(8-22-14)19-16(31)15(30)12(6-27)33-19;/h3-5,8,12,15-16,19,27,30-31H,2,6-7H2,1H3,(H,28,29)(H3,21,23,24,25);1H/t12-,15-,16-,19-;/m1./s1. The van der Waals surface area contributed by atoms with Crippen molar-refractivity contribution in [3.63, 3.8) is 0 Å². The number of ether oxygens (including phenoxy) is 2. The molecule has 4 atom stereocenters. The number of hydrogen-bond donors (Lipinski definition) is 6. The average Bonchev–Trinajstić information content (AvgIpc) is 3.33. The SMILES string of the molecule is CCc1ccc(OCC(=O)O)cc1Nc1nc(N)c2ncn([C@@H]3O[C@H](CO)[C@@H](O)[C@H]3O)c2n1.Cl. The number of nitrogen functional groups attached to an aromatic ring is 1. The number of benzene rings is 1. The molecule has 7 N–H and O–H groups in total. The monoisotopic (exact) mass is 496 g/mol. The van der Waals surface area contributed by atoms with E-state index >= 15 is 0 Å². The molecule has 1 aromatic carbocycles. The molecular weight excluding hydrogens is 472 g/mol. The van der Waals surface area contributed by atoms with Crippen LogP contribution in [0.4, 0.5) is 17.5 Å². The molecule has 1 aliphatic rings. The van der Waals surface area contributed by atoms with Crippen molar-refractivity contribution >= 4 is 47.0 Å². The average molecular weight is 497 g/mol. The topological polar surface area (TPSA) is 198 Å². The first-order chi connectivity index (χ1) is 15.8. The zero-order chi connectivity index (χ0) is 23.7. The van der Waals surface area contributed by atoms with Crippen molar-refractivity contribution in [3.05, 3.63) is 30.1 Å². The zero-order valence-electron chi connectivity index (χ0n) is 18.0. The second kappa shape index (κ2) is 10.4. The molecular formula is C20H25ClN6O7. The number of carboxylic acids is 1. The number of fused-ring (bicyclic) bond motifs is 1. The van der Waals surface area contributed by atoms with Crippen LogP contribution in [0.1, 0.15) is 18.7 Å². The second-order valence-corrected chi connectivity index (χ2v) is 7.47. The number of aliphatic hydroxyl groups excluding tert-OH is 3. The van der Waals surface area contributed by atoms with Crippen molar-refractivity contribution in [2.24, 2.45) is 0 Å². The number of nitrogens with one attached hydrogen (secondary N) is 1. The van der Waals surface area contributed by atoms with Crippen LogP contribution in [0.2, 0.25) is 0 Å². The van der Waals surface area contributed by atoms with Gasteiger partial charge in [0.25, 0.3) is 0 Å². The first-order valence-electron chi connectivity index (χ1n) is 10.2. The smallest absolute Gasteiger partial charge is 0.341 e. The van der Waals surface area contributed by atoms with Crippen molar-refractivity contribution in [2.75, 3.05) is 24.3 Å². The van der Waals surface area contributed by atoms with Crippen LogP contribution in [-0.4, -0.2) is 77.4 Å². The van der Waals surface area contributed by atoms with Crippen molar-refractivity contribution < 1.29 is 34.7 Å². The molecule has 0 spiro atoms. The number of imidazole rings is 1. The second-order valence-electron chi connectivity index (χ2n) is 7.47. The number of rotatable bonds is 8. The Bertz CT molecular complexity index is 1180. The maximum atomic E-state index is 10.8. The molecule has 1 fully saturated rings. The molecule has 1 aliphatic heterocycles. The summed E-state index contributed by atoms with van der Waals surface area (Å²) in [7, 11) is 0. The van der Waals surface area contributed by atoms with E-state index in [-0.39, 0.29) is 35.3 Å². The maximum Gasteiger partial charge on any atom is 0.341 e. The number of nitrogens with zero attached hydrogens (tertiary/aromatic N) is 4. The first-order valence-corrected chi connectivity index (χ1v) is 10.2. The number of carboxylic acid groups (broad SMARTS) is 1. The van der Waals surface area contributed by atoms with Crippen LogP contribution < -0.4 is 15.8 Å². The van der Waals surface area contributed by atoms with Gasteiger partial charge in [-0.05, 0) is 18.1 Å². The summed E-state index contributed by atoms with van der Waals surface area (Å²) >= 11 is 0. The zero-order valence-corrected chi connectivity index (χ0v) is 18.8. The number of carbonyl (C=O) groups is 1. The van der Waals surface area contributed by atoms with E-state index in [4.69, 9.17) is 20.3 Å². The highest BCUT2D eigenvalue weighted by Crippen LogP contribution is 2.33. The highest BCUT2D eigenvalue weighted by Gasteiger charge is 2.44. The summed E-state index contributed by atoms with van der Waals surface area (Å²) in [5, 5.41) is 41.7. The number of aliphatic hydroxyl groups is 3. The van der Waals surface area contributed by atoms with E-state index in [0.29, 0.717) is 17.9 Å². The maximum absolute atomic E-state index is 10.8. The van der Waals surface area contributed by atoms with Gasteiger partial charge in [0.05, 0.1) is 12.9 Å². The predicted octanol–water partition coefficient (Wildman–Crippen LogP) is 0.211. The predicted molar refractivity (Wildman–Crippen MR) is 122 cm³/mol. The van der Waals surface area contributed by atoms with Gasteiger partial charge in [-0.3, -0.25) is 4.57 Å². The summed E-state index contributed by atoms with van der Waals surface area (Å²) in [4.78, 5) is 23.7. The Morgan fingerprint density at radius 1 is 1.29 bits per heavy atom. The number of nitrogens with two attached hydrogens (primary N) is 1. The molecule has 184 valence electrons. The fraction of sp³-hybridized carbons (Fsp3) is 0.400. The molecule has 1 saturated heterocycles. The van der Waals surface area contributed by atoms with Crippen LogP contribution in [0.5, 0.6) is 5.75 Å². The third-order valence-electron chi connectivity index (χ3n) is 5.31. The molecule has 0 saturated carbocycles. The highest BCUT2D eigenvalue weighted by molar-refractivity contribution is 5.85. The van der Waals surface area contributed by atoms with Gasteiger partial charge in [0.2, 0.25) is 5.95 Å². The molecule has 3 aromatic rings. The summed E-state index contributed by atoms with van der Waals surface area (Å²) < 4.78 is 12.2. The van der Waals surface area contributed by atoms with Crippen molar-refractivity contribution in [1.29, 1.82) is 0 Å². The Hall–Kier alpha value is -3.23. The number of aliphatic carboxylic acids is 1. The van der Waals surface area contributed by atoms with Crippen LogP contribution in [0.3, 0.4) is 0 Å². The van der Waals surface area contributed by atoms with E-state index in [1.54, 1.807) is 18.2 Å². The Balaban J connectivity index is 0.00000324. The molecule has 0 bridgehead atoms. The fourth-order valence-corrected chi connectivity index (χ4v) is 3.63. The molecule has 0 unspecified atom stereocenters. The van der Waals surface area contributed by atoms with E-state index < -0.39 is 43.7 Å². The number of aromatic nitrogens is 4. The first kappa shape index (κ1) is 25.4. The molecule has 34 heavy (non-hydrogen) atoms. The number of anilines is 3. The number of hydrogen-bond acceptors (Lipinski definition) is 11. The number of halogens is 1. The molecule has 13 nitrogen and oxygen atoms in total. The van der Waals surface area contributed by atoms with Crippen molar-refractivity contribution in [1.82, 2.24) is 19.5 Å². The molecule has 0 radical (unpaired) electrons.